The van der Waals surface area contributed by atoms with Crippen LogP contribution in [0.2, 0.25) is 0 Å². The Morgan fingerprint density at radius 2 is 1.94 bits per heavy atom. The number of nitrogens with two attached hydrogens (primary N) is 1. The van der Waals surface area contributed by atoms with E-state index < -0.39 is 0 Å². The van der Waals surface area contributed by atoms with Crippen LogP contribution in [0.1, 0.15) is 0 Å². The van der Waals surface area contributed by atoms with Crippen LogP contribution >= 0.6 is 0 Å². The van der Waals surface area contributed by atoms with Gasteiger partial charge in [-0.1, -0.05) is 6.07 Å². The summed E-state index contributed by atoms with van der Waals surface area (Å²) in [6, 6.07) is 11.6. The lowest BCUT2D eigenvalue weighted by Crippen LogP contribution is -2.10. The van der Waals surface area contributed by atoms with E-state index in [1.165, 1.54) is 0 Å². The molecule has 0 radical (unpaired) electrons. The summed E-state index contributed by atoms with van der Waals surface area (Å²) in [5, 5.41) is 0. The Hall–Kier alpha value is -2.23. The van der Waals surface area contributed by atoms with Crippen molar-refractivity contribution in [2.75, 3.05) is 24.8 Å². The third-order valence-corrected chi connectivity index (χ3v) is 2.59. The summed E-state index contributed by atoms with van der Waals surface area (Å²) in [5.74, 6) is 1.34. The average Bonchev–Trinajstić information content (AvgIpc) is 2.38. The van der Waals surface area contributed by atoms with Crippen molar-refractivity contribution in [1.29, 1.82) is 0 Å². The molecule has 0 atom stereocenters. The maximum Gasteiger partial charge on any atom is 0.125 e. The number of nitrogen functional groups attached to an aromatic ring is 1. The Balaban J connectivity index is 2.33. The van der Waals surface area contributed by atoms with E-state index in [0.717, 1.165) is 17.1 Å². The monoisotopic (exact) mass is 229 g/mol. The van der Waals surface area contributed by atoms with Gasteiger partial charge in [0.1, 0.15) is 11.6 Å². The summed E-state index contributed by atoms with van der Waals surface area (Å²) in [7, 11) is 3.63. The van der Waals surface area contributed by atoms with Gasteiger partial charge in [0.05, 0.1) is 7.11 Å². The van der Waals surface area contributed by atoms with E-state index in [1.807, 2.05) is 48.3 Å². The highest BCUT2D eigenvalue weighted by atomic mass is 16.5. The van der Waals surface area contributed by atoms with Gasteiger partial charge in [-0.3, -0.25) is 0 Å². The van der Waals surface area contributed by atoms with Crippen molar-refractivity contribution in [3.8, 4) is 5.75 Å². The first-order chi connectivity index (χ1) is 8.20. The van der Waals surface area contributed by atoms with Crippen LogP contribution in [0.15, 0.2) is 42.6 Å². The van der Waals surface area contributed by atoms with Crippen molar-refractivity contribution in [1.82, 2.24) is 4.98 Å². The number of aromatic nitrogens is 1. The van der Waals surface area contributed by atoms with E-state index in [1.54, 1.807) is 13.3 Å². The molecule has 0 saturated carbocycles. The van der Waals surface area contributed by atoms with Crippen molar-refractivity contribution in [2.24, 2.45) is 0 Å². The number of methoxy groups -OCH3 is 1. The molecule has 1 aromatic carbocycles. The van der Waals surface area contributed by atoms with Crippen LogP contribution in [0.5, 0.6) is 5.75 Å². The number of ether oxygens (including phenoxy) is 1. The second-order valence-electron chi connectivity index (χ2n) is 3.70. The number of hydrogen-bond donors (Lipinski definition) is 1. The van der Waals surface area contributed by atoms with E-state index in [4.69, 9.17) is 10.5 Å². The zero-order chi connectivity index (χ0) is 12.3. The predicted octanol–water partition coefficient (Wildman–Crippen LogP) is 2.44. The van der Waals surface area contributed by atoms with E-state index >= 15 is 0 Å². The van der Waals surface area contributed by atoms with Gasteiger partial charge in [0, 0.05) is 36.8 Å². The third-order valence-electron chi connectivity index (χ3n) is 2.59. The van der Waals surface area contributed by atoms with Gasteiger partial charge < -0.3 is 15.4 Å². The largest absolute Gasteiger partial charge is 0.497 e. The molecule has 88 valence electrons. The molecule has 2 aromatic rings. The molecule has 1 heterocycles. The first-order valence-electron chi connectivity index (χ1n) is 5.30. The van der Waals surface area contributed by atoms with Crippen LogP contribution in [0.4, 0.5) is 17.2 Å². The molecule has 0 aliphatic carbocycles. The van der Waals surface area contributed by atoms with Gasteiger partial charge in [-0.15, -0.1) is 0 Å². The fraction of sp³-hybridized carbons (Fsp3) is 0.154. The molecular formula is C13H15N3O. The number of anilines is 3. The first kappa shape index (κ1) is 11.3. The molecule has 2 N–H and O–H groups in total. The summed E-state index contributed by atoms with van der Waals surface area (Å²) in [4.78, 5) is 6.00. The molecule has 0 aliphatic rings. The number of rotatable bonds is 3. The Bertz CT molecular complexity index is 514. The van der Waals surface area contributed by atoms with Crippen LogP contribution < -0.4 is 15.4 Å². The summed E-state index contributed by atoms with van der Waals surface area (Å²) >= 11 is 0. The molecule has 4 heteroatoms. The highest BCUT2D eigenvalue weighted by Gasteiger charge is 2.05. The smallest absolute Gasteiger partial charge is 0.125 e. The fourth-order valence-electron chi connectivity index (χ4n) is 1.61. The van der Waals surface area contributed by atoms with E-state index in [-0.39, 0.29) is 0 Å². The van der Waals surface area contributed by atoms with E-state index in [0.29, 0.717) is 5.82 Å². The van der Waals surface area contributed by atoms with Crippen LogP contribution in [0, 0.1) is 0 Å². The first-order valence-corrected chi connectivity index (χ1v) is 5.30. The molecule has 0 saturated heterocycles. The van der Waals surface area contributed by atoms with Crippen molar-refractivity contribution < 1.29 is 4.74 Å². The minimum Gasteiger partial charge on any atom is -0.497 e. The van der Waals surface area contributed by atoms with Gasteiger partial charge in [0.25, 0.3) is 0 Å². The second kappa shape index (κ2) is 4.74. The SMILES string of the molecule is COc1cccc(N(C)c2ccnc(N)c2)c1. The quantitative estimate of drug-likeness (QED) is 0.878. The molecule has 17 heavy (non-hydrogen) atoms. The number of pyridine rings is 1. The van der Waals surface area contributed by atoms with Gasteiger partial charge in [0.15, 0.2) is 0 Å². The van der Waals surface area contributed by atoms with Crippen LogP contribution in [0.3, 0.4) is 0 Å². The Labute approximate surface area is 101 Å². The maximum absolute atomic E-state index is 5.67. The van der Waals surface area contributed by atoms with Gasteiger partial charge in [-0.05, 0) is 18.2 Å². The highest BCUT2D eigenvalue weighted by molar-refractivity contribution is 5.65. The van der Waals surface area contributed by atoms with Crippen molar-refractivity contribution >= 4 is 17.2 Å². The van der Waals surface area contributed by atoms with Crippen LogP contribution in [-0.4, -0.2) is 19.1 Å². The predicted molar refractivity (Wildman–Crippen MR) is 69.7 cm³/mol. The molecule has 0 unspecified atom stereocenters. The molecule has 0 aliphatic heterocycles. The van der Waals surface area contributed by atoms with Crippen LogP contribution in [0.25, 0.3) is 0 Å². The lowest BCUT2D eigenvalue weighted by atomic mass is 10.2. The normalized spacial score (nSPS) is 10.0. The summed E-state index contributed by atoms with van der Waals surface area (Å²) in [6.07, 6.45) is 1.70. The summed E-state index contributed by atoms with van der Waals surface area (Å²) in [6.45, 7) is 0. The van der Waals surface area contributed by atoms with E-state index in [2.05, 4.69) is 4.98 Å². The Morgan fingerprint density at radius 3 is 2.65 bits per heavy atom. The summed E-state index contributed by atoms with van der Waals surface area (Å²) in [5.41, 5.74) is 7.70. The van der Waals surface area contributed by atoms with Gasteiger partial charge in [-0.2, -0.15) is 0 Å². The molecular weight excluding hydrogens is 214 g/mol. The zero-order valence-electron chi connectivity index (χ0n) is 9.92. The van der Waals surface area contributed by atoms with E-state index in [9.17, 15) is 0 Å². The van der Waals surface area contributed by atoms with Gasteiger partial charge in [0.2, 0.25) is 0 Å². The average molecular weight is 229 g/mol. The summed E-state index contributed by atoms with van der Waals surface area (Å²) < 4.78 is 5.20. The number of nitrogens with zero attached hydrogens (tertiary/aromatic N) is 2. The van der Waals surface area contributed by atoms with Crippen molar-refractivity contribution in [2.45, 2.75) is 0 Å². The number of benzene rings is 1. The van der Waals surface area contributed by atoms with Crippen molar-refractivity contribution in [3.05, 3.63) is 42.6 Å². The zero-order valence-corrected chi connectivity index (χ0v) is 9.92. The van der Waals surface area contributed by atoms with Crippen molar-refractivity contribution in [3.63, 3.8) is 0 Å². The number of hydrogen-bond acceptors (Lipinski definition) is 4. The minimum absolute atomic E-state index is 0.511. The Kier molecular flexibility index (Phi) is 3.14. The molecule has 4 nitrogen and oxygen atoms in total. The Morgan fingerprint density at radius 1 is 1.18 bits per heavy atom. The lowest BCUT2D eigenvalue weighted by Gasteiger charge is -2.20. The standard InChI is InChI=1S/C13H15N3O/c1-16(11-6-7-15-13(14)9-11)10-4-3-5-12(8-10)17-2/h3-9H,1-2H3,(H2,14,15). The molecule has 0 bridgehead atoms. The molecule has 0 fully saturated rings. The topological polar surface area (TPSA) is 51.4 Å². The fourth-order valence-corrected chi connectivity index (χ4v) is 1.61. The molecule has 0 spiro atoms. The second-order valence-corrected chi connectivity index (χ2v) is 3.70. The molecule has 0 amide bonds. The molecule has 1 aromatic heterocycles. The van der Waals surface area contributed by atoms with Gasteiger partial charge >= 0.3 is 0 Å². The van der Waals surface area contributed by atoms with Gasteiger partial charge in [-0.25, -0.2) is 4.98 Å². The minimum atomic E-state index is 0.511. The third kappa shape index (κ3) is 2.47. The molecule has 2 rings (SSSR count). The van der Waals surface area contributed by atoms with Crippen LogP contribution in [-0.2, 0) is 0 Å². The maximum atomic E-state index is 5.67. The highest BCUT2D eigenvalue weighted by Crippen LogP contribution is 2.26. The lowest BCUT2D eigenvalue weighted by molar-refractivity contribution is 0.415.